The van der Waals surface area contributed by atoms with E-state index in [2.05, 4.69) is 75.3 Å². The van der Waals surface area contributed by atoms with Crippen LogP contribution in [-0.4, -0.2) is 58.0 Å². The molecule has 0 radical (unpaired) electrons. The van der Waals surface area contributed by atoms with Crippen LogP contribution in [0, 0.1) is 0 Å². The Morgan fingerprint density at radius 3 is 2.56 bits per heavy atom. The lowest BCUT2D eigenvalue weighted by molar-refractivity contribution is 0.148. The number of piperazine rings is 1. The number of benzene rings is 2. The molecule has 0 spiro atoms. The molecule has 0 aliphatic carbocycles. The van der Waals surface area contributed by atoms with Gasteiger partial charge in [-0.2, -0.15) is 0 Å². The van der Waals surface area contributed by atoms with Gasteiger partial charge in [-0.15, -0.1) is 11.3 Å². The third kappa shape index (κ3) is 3.71. The monoisotopic (exact) mass is 439 g/mol. The topological polar surface area (TPSA) is 48.0 Å². The van der Waals surface area contributed by atoms with Crippen molar-refractivity contribution >= 4 is 32.6 Å². The fraction of sp³-hybridized carbons (Fsp3) is 0.231. The highest BCUT2D eigenvalue weighted by molar-refractivity contribution is 7.16. The number of hydrogen-bond acceptors (Lipinski definition) is 5. The predicted octanol–water partition coefficient (Wildman–Crippen LogP) is 5.25. The summed E-state index contributed by atoms with van der Waals surface area (Å²) in [5.41, 5.74) is 9.88. The average Bonchev–Trinajstić information content (AvgIpc) is 3.47. The van der Waals surface area contributed by atoms with Crippen molar-refractivity contribution in [1.82, 2.24) is 24.8 Å². The summed E-state index contributed by atoms with van der Waals surface area (Å²) in [6, 6.07) is 17.7. The standard InChI is InChI=1S/C26H25N5S/c1-30-8-10-31(11-9-30)16-18-2-4-19(5-3-18)21-12-22-23(15-28-26(22)27-14-21)20-6-7-25-24(13-20)29-17-32-25/h2-7,12-15,17H,8-11,16H2,1H3,(H,27,28). The molecule has 2 aromatic carbocycles. The predicted molar refractivity (Wildman–Crippen MR) is 133 cm³/mol. The molecule has 6 rings (SSSR count). The summed E-state index contributed by atoms with van der Waals surface area (Å²) in [7, 11) is 2.20. The lowest BCUT2D eigenvalue weighted by Gasteiger charge is -2.32. The molecule has 0 bridgehead atoms. The van der Waals surface area contributed by atoms with E-state index in [1.165, 1.54) is 15.8 Å². The number of pyridine rings is 1. The second-order valence-electron chi connectivity index (χ2n) is 8.63. The first kappa shape index (κ1) is 19.6. The second kappa shape index (κ2) is 8.13. The quantitative estimate of drug-likeness (QED) is 0.415. The molecular formula is C26H25N5S. The maximum Gasteiger partial charge on any atom is 0.137 e. The molecular weight excluding hydrogens is 414 g/mol. The second-order valence-corrected chi connectivity index (χ2v) is 9.52. The molecule has 1 N–H and O–H groups in total. The fourth-order valence-electron chi connectivity index (χ4n) is 4.49. The minimum atomic E-state index is 0.911. The van der Waals surface area contributed by atoms with Crippen molar-refractivity contribution in [2.45, 2.75) is 6.54 Å². The summed E-state index contributed by atoms with van der Waals surface area (Å²) in [5.74, 6) is 0. The van der Waals surface area contributed by atoms with E-state index in [-0.39, 0.29) is 0 Å². The molecule has 5 nitrogen and oxygen atoms in total. The summed E-state index contributed by atoms with van der Waals surface area (Å²) in [5, 5.41) is 1.14. The Labute approximate surface area is 191 Å². The van der Waals surface area contributed by atoms with Crippen LogP contribution in [0.5, 0.6) is 0 Å². The van der Waals surface area contributed by atoms with Gasteiger partial charge in [0.05, 0.1) is 15.7 Å². The Balaban J connectivity index is 1.28. The lowest BCUT2D eigenvalue weighted by atomic mass is 10.0. The number of fused-ring (bicyclic) bond motifs is 2. The maximum absolute atomic E-state index is 4.70. The van der Waals surface area contributed by atoms with Crippen molar-refractivity contribution in [3.8, 4) is 22.3 Å². The summed E-state index contributed by atoms with van der Waals surface area (Å²) in [4.78, 5) is 17.4. The van der Waals surface area contributed by atoms with E-state index >= 15 is 0 Å². The number of aromatic amines is 1. The van der Waals surface area contributed by atoms with E-state index in [4.69, 9.17) is 4.98 Å². The molecule has 1 fully saturated rings. The lowest BCUT2D eigenvalue weighted by Crippen LogP contribution is -2.43. The Morgan fingerprint density at radius 2 is 1.72 bits per heavy atom. The average molecular weight is 440 g/mol. The first-order chi connectivity index (χ1) is 15.7. The minimum Gasteiger partial charge on any atom is -0.346 e. The van der Waals surface area contributed by atoms with Crippen LogP contribution in [0.2, 0.25) is 0 Å². The molecule has 0 atom stereocenters. The van der Waals surface area contributed by atoms with Gasteiger partial charge in [-0.05, 0) is 41.9 Å². The number of rotatable bonds is 4. The highest BCUT2D eigenvalue weighted by atomic mass is 32.1. The molecule has 3 aromatic heterocycles. The molecule has 6 heteroatoms. The molecule has 160 valence electrons. The van der Waals surface area contributed by atoms with Gasteiger partial charge in [0.25, 0.3) is 0 Å². The molecule has 4 heterocycles. The molecule has 1 aliphatic heterocycles. The van der Waals surface area contributed by atoms with Crippen LogP contribution in [0.4, 0.5) is 0 Å². The number of nitrogens with one attached hydrogen (secondary N) is 1. The molecule has 0 unspecified atom stereocenters. The SMILES string of the molecule is CN1CCN(Cc2ccc(-c3cnc4[nH]cc(-c5ccc6scnc6c5)c4c3)cc2)CC1. The number of aromatic nitrogens is 3. The maximum atomic E-state index is 4.70. The number of H-pyrrole nitrogens is 1. The first-order valence-corrected chi connectivity index (χ1v) is 11.9. The Bertz CT molecular complexity index is 1380. The van der Waals surface area contributed by atoms with E-state index in [9.17, 15) is 0 Å². The van der Waals surface area contributed by atoms with Gasteiger partial charge in [-0.3, -0.25) is 4.90 Å². The third-order valence-electron chi connectivity index (χ3n) is 6.46. The summed E-state index contributed by atoms with van der Waals surface area (Å²) in [6.45, 7) is 5.60. The van der Waals surface area contributed by atoms with Crippen LogP contribution in [0.25, 0.3) is 43.5 Å². The van der Waals surface area contributed by atoms with Gasteiger partial charge in [0.1, 0.15) is 5.65 Å². The Kier molecular flexibility index (Phi) is 4.98. The highest BCUT2D eigenvalue weighted by Crippen LogP contribution is 2.33. The molecule has 32 heavy (non-hydrogen) atoms. The van der Waals surface area contributed by atoms with Gasteiger partial charge >= 0.3 is 0 Å². The molecule has 0 saturated carbocycles. The van der Waals surface area contributed by atoms with Crippen molar-refractivity contribution in [3.63, 3.8) is 0 Å². The van der Waals surface area contributed by atoms with Crippen molar-refractivity contribution in [1.29, 1.82) is 0 Å². The third-order valence-corrected chi connectivity index (χ3v) is 7.27. The Hall–Kier alpha value is -3.06. The number of nitrogens with zero attached hydrogens (tertiary/aromatic N) is 4. The van der Waals surface area contributed by atoms with Crippen molar-refractivity contribution in [2.75, 3.05) is 33.2 Å². The number of likely N-dealkylation sites (N-methyl/N-ethyl adjacent to an activating group) is 1. The van der Waals surface area contributed by atoms with E-state index in [0.717, 1.165) is 66.0 Å². The van der Waals surface area contributed by atoms with Crippen molar-refractivity contribution in [3.05, 3.63) is 72.0 Å². The van der Waals surface area contributed by atoms with Crippen LogP contribution < -0.4 is 0 Å². The largest absolute Gasteiger partial charge is 0.346 e. The fourth-order valence-corrected chi connectivity index (χ4v) is 5.15. The minimum absolute atomic E-state index is 0.911. The zero-order valence-corrected chi connectivity index (χ0v) is 18.9. The summed E-state index contributed by atoms with van der Waals surface area (Å²) >= 11 is 1.67. The van der Waals surface area contributed by atoms with Gasteiger partial charge in [-0.1, -0.05) is 30.3 Å². The van der Waals surface area contributed by atoms with Gasteiger partial charge in [0.15, 0.2) is 0 Å². The number of thiazole rings is 1. The van der Waals surface area contributed by atoms with Gasteiger partial charge in [0, 0.05) is 61.6 Å². The van der Waals surface area contributed by atoms with Gasteiger partial charge in [-0.25, -0.2) is 9.97 Å². The van der Waals surface area contributed by atoms with Gasteiger partial charge in [0.2, 0.25) is 0 Å². The smallest absolute Gasteiger partial charge is 0.137 e. The molecule has 0 amide bonds. The zero-order chi connectivity index (χ0) is 21.5. The number of hydrogen-bond donors (Lipinski definition) is 1. The summed E-state index contributed by atoms with van der Waals surface area (Å²) < 4.78 is 1.21. The van der Waals surface area contributed by atoms with E-state index < -0.39 is 0 Å². The van der Waals surface area contributed by atoms with Crippen LogP contribution in [0.3, 0.4) is 0 Å². The molecule has 5 aromatic rings. The Morgan fingerprint density at radius 1 is 0.906 bits per heavy atom. The zero-order valence-electron chi connectivity index (χ0n) is 18.1. The first-order valence-electron chi connectivity index (χ1n) is 11.0. The van der Waals surface area contributed by atoms with Crippen LogP contribution in [-0.2, 0) is 6.54 Å². The van der Waals surface area contributed by atoms with Crippen LogP contribution in [0.1, 0.15) is 5.56 Å². The summed E-state index contributed by atoms with van der Waals surface area (Å²) in [6.07, 6.45) is 4.01. The molecule has 1 saturated heterocycles. The molecule has 1 aliphatic rings. The van der Waals surface area contributed by atoms with E-state index in [1.807, 2.05) is 17.9 Å². The normalized spacial score (nSPS) is 15.7. The van der Waals surface area contributed by atoms with E-state index in [1.54, 1.807) is 11.3 Å². The highest BCUT2D eigenvalue weighted by Gasteiger charge is 2.14. The van der Waals surface area contributed by atoms with Gasteiger partial charge < -0.3 is 9.88 Å². The van der Waals surface area contributed by atoms with Crippen LogP contribution in [0.15, 0.2) is 66.4 Å². The van der Waals surface area contributed by atoms with Crippen LogP contribution >= 0.6 is 11.3 Å². The van der Waals surface area contributed by atoms with Crippen molar-refractivity contribution < 1.29 is 0 Å². The van der Waals surface area contributed by atoms with E-state index in [0.29, 0.717) is 0 Å². The van der Waals surface area contributed by atoms with Crippen molar-refractivity contribution in [2.24, 2.45) is 0 Å².